The van der Waals surface area contributed by atoms with Crippen LogP contribution >= 0.6 is 0 Å². The highest BCUT2D eigenvalue weighted by atomic mass is 16.2. The zero-order chi connectivity index (χ0) is 16.9. The Morgan fingerprint density at radius 1 is 1.08 bits per heavy atom. The van der Waals surface area contributed by atoms with Gasteiger partial charge in [-0.2, -0.15) is 0 Å². The summed E-state index contributed by atoms with van der Waals surface area (Å²) in [5.74, 6) is -0.0718. The number of carbonyl (C=O) groups excluding carboxylic acids is 2. The summed E-state index contributed by atoms with van der Waals surface area (Å²) >= 11 is 0. The molecule has 4 N–H and O–H groups in total. The second-order valence-corrected chi connectivity index (χ2v) is 6.45. The number of benzene rings is 1. The van der Waals surface area contributed by atoms with E-state index in [1.165, 1.54) is 0 Å². The number of hydrogen-bond acceptors (Lipinski definition) is 4. The number of fused-ring (bicyclic) bond motifs is 1. The van der Waals surface area contributed by atoms with Crippen molar-refractivity contribution in [1.29, 1.82) is 0 Å². The molecule has 1 fully saturated rings. The number of nitrogens with one attached hydrogen (secondary N) is 2. The molecule has 24 heavy (non-hydrogen) atoms. The first-order valence-corrected chi connectivity index (χ1v) is 8.60. The minimum atomic E-state index is -0.0874. The van der Waals surface area contributed by atoms with E-state index in [0.29, 0.717) is 25.2 Å². The van der Waals surface area contributed by atoms with Gasteiger partial charge >= 0.3 is 0 Å². The number of carbonyl (C=O) groups is 2. The molecule has 0 bridgehead atoms. The van der Waals surface area contributed by atoms with Crippen LogP contribution in [0.25, 0.3) is 0 Å². The van der Waals surface area contributed by atoms with Crippen LogP contribution in [0.3, 0.4) is 0 Å². The maximum atomic E-state index is 12.5. The molecule has 0 radical (unpaired) electrons. The van der Waals surface area contributed by atoms with Crippen LogP contribution in [0.5, 0.6) is 0 Å². The fourth-order valence-corrected chi connectivity index (χ4v) is 3.40. The van der Waals surface area contributed by atoms with Gasteiger partial charge in [0.05, 0.1) is 6.54 Å². The minimum absolute atomic E-state index is 0.0157. The first-order chi connectivity index (χ1) is 11.7. The molecule has 0 atom stereocenters. The Kier molecular flexibility index (Phi) is 5.25. The molecule has 1 heterocycles. The average molecular weight is 328 g/mol. The largest absolute Gasteiger partial charge is 0.353 e. The van der Waals surface area contributed by atoms with Crippen molar-refractivity contribution in [1.82, 2.24) is 10.6 Å². The lowest BCUT2D eigenvalue weighted by molar-refractivity contribution is -0.122. The first-order valence-electron chi connectivity index (χ1n) is 8.60. The maximum Gasteiger partial charge on any atom is 0.270 e. The Labute approximate surface area is 141 Å². The molecule has 0 spiro atoms. The van der Waals surface area contributed by atoms with Gasteiger partial charge in [0.25, 0.3) is 5.91 Å². The molecule has 1 aliphatic heterocycles. The summed E-state index contributed by atoms with van der Waals surface area (Å²) in [5, 5.41) is 6.10. The number of aliphatic imine (C=N–C) groups is 1. The van der Waals surface area contributed by atoms with E-state index in [0.717, 1.165) is 36.8 Å². The summed E-state index contributed by atoms with van der Waals surface area (Å²) in [7, 11) is 0. The van der Waals surface area contributed by atoms with Crippen LogP contribution < -0.4 is 16.4 Å². The Morgan fingerprint density at radius 3 is 2.46 bits per heavy atom. The number of nitrogens with zero attached hydrogens (tertiary/aromatic N) is 1. The molecule has 1 aliphatic carbocycles. The summed E-state index contributed by atoms with van der Waals surface area (Å²) in [6, 6.07) is 8.20. The number of rotatable bonds is 5. The van der Waals surface area contributed by atoms with Crippen molar-refractivity contribution in [2.45, 2.75) is 50.7 Å². The van der Waals surface area contributed by atoms with Gasteiger partial charge in [-0.25, -0.2) is 0 Å². The van der Waals surface area contributed by atoms with Crippen LogP contribution in [-0.2, 0) is 16.1 Å². The minimum Gasteiger partial charge on any atom is -0.353 e. The molecule has 0 saturated heterocycles. The predicted molar refractivity (Wildman–Crippen MR) is 92.7 cm³/mol. The average Bonchev–Trinajstić information content (AvgIpc) is 3.01. The number of nitrogens with two attached hydrogens (primary N) is 1. The fourth-order valence-electron chi connectivity index (χ4n) is 3.40. The zero-order valence-corrected chi connectivity index (χ0v) is 13.8. The van der Waals surface area contributed by atoms with Gasteiger partial charge in [0.2, 0.25) is 5.91 Å². The highest BCUT2D eigenvalue weighted by Crippen LogP contribution is 2.21. The smallest absolute Gasteiger partial charge is 0.270 e. The van der Waals surface area contributed by atoms with E-state index in [9.17, 15) is 9.59 Å². The van der Waals surface area contributed by atoms with Gasteiger partial charge in [0.1, 0.15) is 5.71 Å². The molecule has 1 aromatic carbocycles. The van der Waals surface area contributed by atoms with Crippen LogP contribution in [0.4, 0.5) is 0 Å². The Morgan fingerprint density at radius 2 is 1.75 bits per heavy atom. The summed E-state index contributed by atoms with van der Waals surface area (Å²) in [6.45, 7) is 0.958. The van der Waals surface area contributed by atoms with Gasteiger partial charge in [0, 0.05) is 30.6 Å². The molecular formula is C18H24N4O2. The summed E-state index contributed by atoms with van der Waals surface area (Å²) in [5.41, 5.74) is 7.98. The van der Waals surface area contributed by atoms with E-state index in [4.69, 9.17) is 5.73 Å². The molecule has 3 rings (SSSR count). The van der Waals surface area contributed by atoms with Gasteiger partial charge in [-0.05, 0) is 31.2 Å². The third kappa shape index (κ3) is 3.82. The Bertz CT molecular complexity index is 648. The Hall–Kier alpha value is -2.21. The summed E-state index contributed by atoms with van der Waals surface area (Å²) in [6.07, 6.45) is 3.87. The predicted octanol–water partition coefficient (Wildman–Crippen LogP) is 0.882. The van der Waals surface area contributed by atoms with E-state index in [1.54, 1.807) is 0 Å². The lowest BCUT2D eigenvalue weighted by Gasteiger charge is -2.29. The van der Waals surface area contributed by atoms with Crippen molar-refractivity contribution in [3.05, 3.63) is 35.4 Å². The first kappa shape index (κ1) is 16.6. The Balaban J connectivity index is 1.48. The lowest BCUT2D eigenvalue weighted by atomic mass is 9.90. The van der Waals surface area contributed by atoms with E-state index in [1.807, 2.05) is 24.3 Å². The van der Waals surface area contributed by atoms with E-state index in [-0.39, 0.29) is 23.9 Å². The molecule has 0 unspecified atom stereocenters. The number of amides is 2. The van der Waals surface area contributed by atoms with Gasteiger partial charge in [-0.3, -0.25) is 14.6 Å². The van der Waals surface area contributed by atoms with E-state index < -0.39 is 0 Å². The van der Waals surface area contributed by atoms with Crippen molar-refractivity contribution < 1.29 is 9.59 Å². The third-order valence-electron chi connectivity index (χ3n) is 4.69. The quantitative estimate of drug-likeness (QED) is 0.748. The SMILES string of the molecule is NCCC(=O)NC1CCC(NC(=O)C2=NCc3ccccc32)CC1. The van der Waals surface area contributed by atoms with Crippen molar-refractivity contribution in [2.24, 2.45) is 10.7 Å². The van der Waals surface area contributed by atoms with Crippen molar-refractivity contribution in [2.75, 3.05) is 6.54 Å². The molecule has 1 saturated carbocycles. The molecule has 6 heteroatoms. The topological polar surface area (TPSA) is 96.6 Å². The fraction of sp³-hybridized carbons (Fsp3) is 0.500. The summed E-state index contributed by atoms with van der Waals surface area (Å²) in [4.78, 5) is 28.5. The lowest BCUT2D eigenvalue weighted by Crippen LogP contribution is -2.45. The molecule has 2 amide bonds. The maximum absolute atomic E-state index is 12.5. The van der Waals surface area contributed by atoms with E-state index >= 15 is 0 Å². The van der Waals surface area contributed by atoms with Crippen LogP contribution in [0, 0.1) is 0 Å². The van der Waals surface area contributed by atoms with Crippen LogP contribution in [-0.4, -0.2) is 36.2 Å². The van der Waals surface area contributed by atoms with Gasteiger partial charge in [-0.15, -0.1) is 0 Å². The highest BCUT2D eigenvalue weighted by molar-refractivity contribution is 6.46. The molecule has 128 valence electrons. The highest BCUT2D eigenvalue weighted by Gasteiger charge is 2.27. The second-order valence-electron chi connectivity index (χ2n) is 6.45. The van der Waals surface area contributed by atoms with Gasteiger partial charge in [-0.1, -0.05) is 24.3 Å². The van der Waals surface area contributed by atoms with Gasteiger partial charge < -0.3 is 16.4 Å². The second kappa shape index (κ2) is 7.57. The number of hydrogen-bond donors (Lipinski definition) is 3. The normalized spacial score (nSPS) is 22.5. The molecule has 2 aliphatic rings. The molecule has 1 aromatic rings. The molecule has 0 aromatic heterocycles. The summed E-state index contributed by atoms with van der Waals surface area (Å²) < 4.78 is 0. The molecule has 6 nitrogen and oxygen atoms in total. The van der Waals surface area contributed by atoms with Crippen LogP contribution in [0.2, 0.25) is 0 Å². The van der Waals surface area contributed by atoms with E-state index in [2.05, 4.69) is 15.6 Å². The van der Waals surface area contributed by atoms with Crippen LogP contribution in [0.15, 0.2) is 29.3 Å². The van der Waals surface area contributed by atoms with Crippen molar-refractivity contribution in [3.63, 3.8) is 0 Å². The standard InChI is InChI=1S/C18H24N4O2/c19-10-9-16(23)21-13-5-7-14(8-6-13)22-18(24)17-15-4-2-1-3-12(15)11-20-17/h1-4,13-14H,5-11,19H2,(H,21,23)(H,22,24). The monoisotopic (exact) mass is 328 g/mol. The van der Waals surface area contributed by atoms with Crippen LogP contribution in [0.1, 0.15) is 43.2 Å². The van der Waals surface area contributed by atoms with Crippen molar-refractivity contribution >= 4 is 17.5 Å². The van der Waals surface area contributed by atoms with Gasteiger partial charge in [0.15, 0.2) is 0 Å². The third-order valence-corrected chi connectivity index (χ3v) is 4.69. The van der Waals surface area contributed by atoms with Crippen molar-refractivity contribution in [3.8, 4) is 0 Å². The molecular weight excluding hydrogens is 304 g/mol. The zero-order valence-electron chi connectivity index (χ0n) is 13.8.